The predicted octanol–water partition coefficient (Wildman–Crippen LogP) is 0.805. The zero-order chi connectivity index (χ0) is 17.1. The standard InChI is InChI=1S/C15H15FN4O3S/c16-9-1-3-10(4-2-9)20-13(11-7-24-8-12(11)19-20)18-15(23)14(22)17-5-6-21/h1-4,21H,5-8H2,(H,17,22)(H,18,23). The van der Waals surface area contributed by atoms with Gasteiger partial charge in [0.1, 0.15) is 11.6 Å². The Hall–Kier alpha value is -2.39. The minimum absolute atomic E-state index is 0.00254. The van der Waals surface area contributed by atoms with Crippen molar-refractivity contribution in [1.29, 1.82) is 0 Å². The van der Waals surface area contributed by atoms with Gasteiger partial charge >= 0.3 is 11.8 Å². The molecule has 0 fully saturated rings. The summed E-state index contributed by atoms with van der Waals surface area (Å²) in [7, 11) is 0. The zero-order valence-electron chi connectivity index (χ0n) is 12.6. The number of aliphatic hydroxyl groups excluding tert-OH is 1. The van der Waals surface area contributed by atoms with Crippen molar-refractivity contribution in [1.82, 2.24) is 15.1 Å². The summed E-state index contributed by atoms with van der Waals surface area (Å²) in [4.78, 5) is 23.7. The Balaban J connectivity index is 1.90. The summed E-state index contributed by atoms with van der Waals surface area (Å²) in [5, 5.41) is 18.0. The first-order valence-electron chi connectivity index (χ1n) is 7.24. The number of aromatic nitrogens is 2. The Labute approximate surface area is 141 Å². The van der Waals surface area contributed by atoms with Gasteiger partial charge in [-0.1, -0.05) is 0 Å². The largest absolute Gasteiger partial charge is 0.395 e. The van der Waals surface area contributed by atoms with Crippen LogP contribution in [-0.2, 0) is 21.1 Å². The highest BCUT2D eigenvalue weighted by molar-refractivity contribution is 7.98. The minimum Gasteiger partial charge on any atom is -0.395 e. The number of anilines is 1. The van der Waals surface area contributed by atoms with Gasteiger partial charge in [0.2, 0.25) is 0 Å². The first-order chi connectivity index (χ1) is 11.6. The van der Waals surface area contributed by atoms with Crippen LogP contribution in [0.1, 0.15) is 11.3 Å². The number of rotatable bonds is 4. The molecule has 9 heteroatoms. The van der Waals surface area contributed by atoms with E-state index >= 15 is 0 Å². The summed E-state index contributed by atoms with van der Waals surface area (Å²) in [6.45, 7) is -0.254. The molecule has 7 nitrogen and oxygen atoms in total. The Kier molecular flexibility index (Phi) is 4.81. The quantitative estimate of drug-likeness (QED) is 0.709. The van der Waals surface area contributed by atoms with Gasteiger partial charge in [-0.2, -0.15) is 16.9 Å². The average Bonchev–Trinajstić information content (AvgIpc) is 3.16. The maximum atomic E-state index is 13.1. The second-order valence-electron chi connectivity index (χ2n) is 5.09. The maximum absolute atomic E-state index is 13.1. The van der Waals surface area contributed by atoms with E-state index in [0.717, 1.165) is 11.3 Å². The molecule has 0 saturated carbocycles. The Bertz CT molecular complexity index is 776. The van der Waals surface area contributed by atoms with E-state index in [1.165, 1.54) is 16.8 Å². The van der Waals surface area contributed by atoms with E-state index in [4.69, 9.17) is 5.11 Å². The van der Waals surface area contributed by atoms with Crippen molar-refractivity contribution in [2.45, 2.75) is 11.5 Å². The van der Waals surface area contributed by atoms with Gasteiger partial charge in [0.05, 0.1) is 18.0 Å². The molecule has 1 aliphatic rings. The summed E-state index contributed by atoms with van der Waals surface area (Å²) in [6, 6.07) is 5.70. The number of amides is 2. The lowest BCUT2D eigenvalue weighted by Gasteiger charge is -2.11. The Morgan fingerprint density at radius 1 is 1.25 bits per heavy atom. The predicted molar refractivity (Wildman–Crippen MR) is 87.2 cm³/mol. The van der Waals surface area contributed by atoms with Gasteiger partial charge < -0.3 is 15.7 Å². The van der Waals surface area contributed by atoms with Crippen molar-refractivity contribution >= 4 is 29.4 Å². The number of nitrogens with zero attached hydrogens (tertiary/aromatic N) is 2. The van der Waals surface area contributed by atoms with E-state index in [1.54, 1.807) is 23.9 Å². The molecule has 2 aromatic rings. The molecule has 0 aliphatic carbocycles. The number of fused-ring (bicyclic) bond motifs is 1. The zero-order valence-corrected chi connectivity index (χ0v) is 13.4. The van der Waals surface area contributed by atoms with Gasteiger partial charge in [-0.3, -0.25) is 9.59 Å². The van der Waals surface area contributed by atoms with E-state index in [1.807, 2.05) is 0 Å². The molecular weight excluding hydrogens is 335 g/mol. The molecule has 0 unspecified atom stereocenters. The molecule has 126 valence electrons. The highest BCUT2D eigenvalue weighted by atomic mass is 32.2. The molecule has 1 aliphatic heterocycles. The van der Waals surface area contributed by atoms with E-state index in [2.05, 4.69) is 15.7 Å². The fourth-order valence-corrected chi connectivity index (χ4v) is 3.36. The van der Waals surface area contributed by atoms with Crippen LogP contribution >= 0.6 is 11.8 Å². The molecule has 0 bridgehead atoms. The highest BCUT2D eigenvalue weighted by Gasteiger charge is 2.26. The number of hydrogen-bond donors (Lipinski definition) is 3. The third-order valence-electron chi connectivity index (χ3n) is 3.46. The highest BCUT2D eigenvalue weighted by Crippen LogP contribution is 2.36. The summed E-state index contributed by atoms with van der Waals surface area (Å²) in [6.07, 6.45) is 0. The van der Waals surface area contributed by atoms with Crippen LogP contribution in [0, 0.1) is 5.82 Å². The van der Waals surface area contributed by atoms with Crippen LogP contribution in [0.2, 0.25) is 0 Å². The van der Waals surface area contributed by atoms with Crippen molar-refractivity contribution in [2.24, 2.45) is 0 Å². The first-order valence-corrected chi connectivity index (χ1v) is 8.40. The third-order valence-corrected chi connectivity index (χ3v) is 4.43. The van der Waals surface area contributed by atoms with Crippen molar-refractivity contribution in [3.8, 4) is 5.69 Å². The SMILES string of the molecule is O=C(NCCO)C(=O)Nc1c2c(nn1-c1ccc(F)cc1)CSC2. The van der Waals surface area contributed by atoms with Gasteiger partial charge in [0.25, 0.3) is 0 Å². The molecule has 0 radical (unpaired) electrons. The summed E-state index contributed by atoms with van der Waals surface area (Å²) in [5.74, 6) is -0.261. The van der Waals surface area contributed by atoms with E-state index in [-0.39, 0.29) is 19.0 Å². The van der Waals surface area contributed by atoms with Crippen LogP contribution in [0.5, 0.6) is 0 Å². The topological polar surface area (TPSA) is 96.2 Å². The number of benzene rings is 1. The monoisotopic (exact) mass is 350 g/mol. The Morgan fingerprint density at radius 2 is 2.00 bits per heavy atom. The molecular formula is C15H15FN4O3S. The molecule has 1 aromatic carbocycles. The third kappa shape index (κ3) is 3.26. The lowest BCUT2D eigenvalue weighted by atomic mass is 10.2. The normalized spacial score (nSPS) is 12.8. The maximum Gasteiger partial charge on any atom is 0.314 e. The summed E-state index contributed by atoms with van der Waals surface area (Å²) < 4.78 is 14.6. The summed E-state index contributed by atoms with van der Waals surface area (Å²) >= 11 is 1.66. The van der Waals surface area contributed by atoms with E-state index in [9.17, 15) is 14.0 Å². The lowest BCUT2D eigenvalue weighted by Crippen LogP contribution is -2.37. The van der Waals surface area contributed by atoms with E-state index < -0.39 is 11.8 Å². The van der Waals surface area contributed by atoms with Crippen molar-refractivity contribution in [3.05, 3.63) is 41.3 Å². The molecule has 2 heterocycles. The van der Waals surface area contributed by atoms with E-state index in [0.29, 0.717) is 23.0 Å². The lowest BCUT2D eigenvalue weighted by molar-refractivity contribution is -0.136. The fraction of sp³-hybridized carbons (Fsp3) is 0.267. The second-order valence-corrected chi connectivity index (χ2v) is 6.07. The van der Waals surface area contributed by atoms with Crippen molar-refractivity contribution in [3.63, 3.8) is 0 Å². The minimum atomic E-state index is -0.841. The molecule has 24 heavy (non-hydrogen) atoms. The van der Waals surface area contributed by atoms with Crippen molar-refractivity contribution < 1.29 is 19.1 Å². The molecule has 3 rings (SSSR count). The molecule has 1 aromatic heterocycles. The van der Waals surface area contributed by atoms with Gasteiger partial charge in [-0.25, -0.2) is 9.07 Å². The molecule has 0 spiro atoms. The van der Waals surface area contributed by atoms with Crippen LogP contribution in [0.4, 0.5) is 10.2 Å². The second kappa shape index (κ2) is 7.02. The number of carbonyl (C=O) groups is 2. The molecule has 0 saturated heterocycles. The Morgan fingerprint density at radius 3 is 2.71 bits per heavy atom. The summed E-state index contributed by atoms with van der Waals surface area (Å²) in [5.41, 5.74) is 2.27. The van der Waals surface area contributed by atoms with Crippen LogP contribution in [0.3, 0.4) is 0 Å². The number of halogens is 1. The molecule has 2 amide bonds. The smallest absolute Gasteiger partial charge is 0.314 e. The number of hydrogen-bond acceptors (Lipinski definition) is 5. The van der Waals surface area contributed by atoms with Gasteiger partial charge in [0.15, 0.2) is 0 Å². The van der Waals surface area contributed by atoms with Crippen molar-refractivity contribution in [2.75, 3.05) is 18.5 Å². The number of aliphatic hydroxyl groups is 1. The van der Waals surface area contributed by atoms with Crippen LogP contribution in [0.15, 0.2) is 24.3 Å². The fourth-order valence-electron chi connectivity index (χ4n) is 2.32. The van der Waals surface area contributed by atoms with Crippen LogP contribution in [0.25, 0.3) is 5.69 Å². The molecule has 0 atom stereocenters. The molecule has 3 N–H and O–H groups in total. The van der Waals surface area contributed by atoms with Crippen LogP contribution < -0.4 is 10.6 Å². The number of nitrogens with one attached hydrogen (secondary N) is 2. The number of thioether (sulfide) groups is 1. The van der Waals surface area contributed by atoms with Crippen LogP contribution in [-0.4, -0.2) is 39.9 Å². The van der Waals surface area contributed by atoms with Gasteiger partial charge in [0, 0.05) is 23.6 Å². The average molecular weight is 350 g/mol. The van der Waals surface area contributed by atoms with Gasteiger partial charge in [-0.15, -0.1) is 0 Å². The first kappa shape index (κ1) is 16.5. The van der Waals surface area contributed by atoms with Gasteiger partial charge in [-0.05, 0) is 24.3 Å². The number of carbonyl (C=O) groups excluding carboxylic acids is 2.